The van der Waals surface area contributed by atoms with E-state index in [1.54, 1.807) is 12.1 Å². The molecule has 1 aliphatic rings. The second-order valence-electron chi connectivity index (χ2n) is 4.76. The molecule has 1 aromatic heterocycles. The normalized spacial score (nSPS) is 14.3. The van der Waals surface area contributed by atoms with Crippen LogP contribution in [0.15, 0.2) is 36.4 Å². The van der Waals surface area contributed by atoms with Gasteiger partial charge in [-0.15, -0.1) is 0 Å². The molecule has 0 radical (unpaired) electrons. The number of rotatable bonds is 2. The fourth-order valence-electron chi connectivity index (χ4n) is 2.36. The summed E-state index contributed by atoms with van der Waals surface area (Å²) >= 11 is 6.21. The van der Waals surface area contributed by atoms with Crippen LogP contribution in [0, 0.1) is 0 Å². The number of hydrogen-bond acceptors (Lipinski definition) is 4. The number of fused-ring (bicyclic) bond motifs is 1. The summed E-state index contributed by atoms with van der Waals surface area (Å²) in [6.45, 7) is 2.26. The van der Waals surface area contributed by atoms with Crippen molar-refractivity contribution in [1.82, 2.24) is 4.98 Å². The standard InChI is InChI=1S/C15H16ClN3O/c16-11-6-7-15(17)18-12(11)10-19-8-3-9-20-14-5-2-1-4-13(14)19/h1-2,4-7H,3,8-10H2,(H2,17,18). The lowest BCUT2D eigenvalue weighted by Crippen LogP contribution is -2.24. The Morgan fingerprint density at radius 2 is 2.10 bits per heavy atom. The van der Waals surface area contributed by atoms with Crippen LogP contribution in [0.25, 0.3) is 0 Å². The molecule has 0 aliphatic carbocycles. The maximum absolute atomic E-state index is 6.21. The minimum Gasteiger partial charge on any atom is -0.491 e. The second kappa shape index (κ2) is 5.59. The van der Waals surface area contributed by atoms with E-state index in [1.165, 1.54) is 0 Å². The lowest BCUT2D eigenvalue weighted by molar-refractivity contribution is 0.322. The molecule has 20 heavy (non-hydrogen) atoms. The van der Waals surface area contributed by atoms with E-state index < -0.39 is 0 Å². The summed E-state index contributed by atoms with van der Waals surface area (Å²) in [7, 11) is 0. The Balaban J connectivity index is 1.92. The number of para-hydroxylation sites is 2. The van der Waals surface area contributed by atoms with Crippen LogP contribution in [0.5, 0.6) is 5.75 Å². The van der Waals surface area contributed by atoms with Crippen LogP contribution >= 0.6 is 11.6 Å². The van der Waals surface area contributed by atoms with E-state index in [4.69, 9.17) is 22.1 Å². The summed E-state index contributed by atoms with van der Waals surface area (Å²) in [4.78, 5) is 6.57. The number of ether oxygens (including phenoxy) is 1. The first kappa shape index (κ1) is 13.1. The van der Waals surface area contributed by atoms with Gasteiger partial charge >= 0.3 is 0 Å². The Morgan fingerprint density at radius 1 is 1.25 bits per heavy atom. The number of aromatic nitrogens is 1. The third-order valence-corrected chi connectivity index (χ3v) is 3.66. The Bertz CT molecular complexity index is 618. The highest BCUT2D eigenvalue weighted by molar-refractivity contribution is 6.31. The number of pyridine rings is 1. The van der Waals surface area contributed by atoms with Crippen LogP contribution in [0.4, 0.5) is 11.5 Å². The summed E-state index contributed by atoms with van der Waals surface area (Å²) in [5.74, 6) is 1.40. The Morgan fingerprint density at radius 3 is 3.00 bits per heavy atom. The zero-order valence-electron chi connectivity index (χ0n) is 11.1. The monoisotopic (exact) mass is 289 g/mol. The largest absolute Gasteiger partial charge is 0.491 e. The van der Waals surface area contributed by atoms with Crippen LogP contribution in [0.3, 0.4) is 0 Å². The average molecular weight is 290 g/mol. The van der Waals surface area contributed by atoms with Gasteiger partial charge in [-0.25, -0.2) is 4.98 Å². The molecule has 0 unspecified atom stereocenters. The van der Waals surface area contributed by atoms with E-state index in [9.17, 15) is 0 Å². The molecule has 2 N–H and O–H groups in total. The molecule has 0 atom stereocenters. The van der Waals surface area contributed by atoms with E-state index in [2.05, 4.69) is 16.0 Å². The van der Waals surface area contributed by atoms with Crippen LogP contribution in [-0.2, 0) is 6.54 Å². The molecule has 1 aromatic carbocycles. The third kappa shape index (κ3) is 2.65. The van der Waals surface area contributed by atoms with Gasteiger partial charge in [-0.3, -0.25) is 0 Å². The van der Waals surface area contributed by atoms with Gasteiger partial charge in [-0.05, 0) is 30.7 Å². The van der Waals surface area contributed by atoms with Crippen molar-refractivity contribution in [2.24, 2.45) is 0 Å². The number of nitrogens with zero attached hydrogens (tertiary/aromatic N) is 2. The first-order valence-corrected chi connectivity index (χ1v) is 6.99. The quantitative estimate of drug-likeness (QED) is 0.923. The number of hydrogen-bond donors (Lipinski definition) is 1. The molecule has 104 valence electrons. The Kier molecular flexibility index (Phi) is 3.65. The minimum atomic E-state index is 0.490. The fourth-order valence-corrected chi connectivity index (χ4v) is 2.52. The molecule has 0 fully saturated rings. The molecule has 2 aromatic rings. The SMILES string of the molecule is Nc1ccc(Cl)c(CN2CCCOc3ccccc32)n1. The van der Waals surface area contributed by atoms with Crippen molar-refractivity contribution >= 4 is 23.1 Å². The highest BCUT2D eigenvalue weighted by atomic mass is 35.5. The van der Waals surface area contributed by atoms with Crippen molar-refractivity contribution in [3.05, 3.63) is 47.1 Å². The highest BCUT2D eigenvalue weighted by Crippen LogP contribution is 2.32. The summed E-state index contributed by atoms with van der Waals surface area (Å²) in [6.07, 6.45) is 0.967. The van der Waals surface area contributed by atoms with Crippen LogP contribution in [0.2, 0.25) is 5.02 Å². The van der Waals surface area contributed by atoms with Crippen molar-refractivity contribution in [3.8, 4) is 5.75 Å². The number of nitrogens with two attached hydrogens (primary N) is 1. The van der Waals surface area contributed by atoms with E-state index >= 15 is 0 Å². The van der Waals surface area contributed by atoms with Crippen molar-refractivity contribution in [2.75, 3.05) is 23.8 Å². The summed E-state index contributed by atoms with van der Waals surface area (Å²) < 4.78 is 5.75. The number of halogens is 1. The molecule has 0 amide bonds. The van der Waals surface area contributed by atoms with Gasteiger partial charge in [-0.2, -0.15) is 0 Å². The number of nitrogen functional groups attached to an aromatic ring is 1. The zero-order chi connectivity index (χ0) is 13.9. The van der Waals surface area contributed by atoms with E-state index in [0.29, 0.717) is 17.4 Å². The van der Waals surface area contributed by atoms with Crippen LogP contribution in [-0.4, -0.2) is 18.1 Å². The van der Waals surface area contributed by atoms with Gasteiger partial charge in [0.15, 0.2) is 0 Å². The lowest BCUT2D eigenvalue weighted by Gasteiger charge is -2.23. The van der Waals surface area contributed by atoms with Gasteiger partial charge in [0, 0.05) is 6.54 Å². The Hall–Kier alpha value is -1.94. The van der Waals surface area contributed by atoms with Crippen LogP contribution in [0.1, 0.15) is 12.1 Å². The van der Waals surface area contributed by atoms with Gasteiger partial charge in [0.1, 0.15) is 11.6 Å². The minimum absolute atomic E-state index is 0.490. The molecule has 0 saturated carbocycles. The third-order valence-electron chi connectivity index (χ3n) is 3.32. The van der Waals surface area contributed by atoms with Crippen molar-refractivity contribution in [2.45, 2.75) is 13.0 Å². The topological polar surface area (TPSA) is 51.4 Å². The van der Waals surface area contributed by atoms with Gasteiger partial charge in [0.25, 0.3) is 0 Å². The summed E-state index contributed by atoms with van der Waals surface area (Å²) in [5, 5.41) is 0.641. The van der Waals surface area contributed by atoms with E-state index in [-0.39, 0.29) is 0 Å². The first-order chi connectivity index (χ1) is 9.74. The second-order valence-corrected chi connectivity index (χ2v) is 5.16. The molecule has 0 spiro atoms. The summed E-state index contributed by atoms with van der Waals surface area (Å²) in [5.41, 5.74) is 7.61. The Labute approximate surface area is 123 Å². The fraction of sp³-hybridized carbons (Fsp3) is 0.267. The molecule has 0 bridgehead atoms. The van der Waals surface area contributed by atoms with E-state index in [0.717, 1.165) is 36.7 Å². The maximum atomic E-state index is 6.21. The molecule has 5 heteroatoms. The molecule has 3 rings (SSSR count). The van der Waals surface area contributed by atoms with Gasteiger partial charge in [0.05, 0.1) is 29.6 Å². The maximum Gasteiger partial charge on any atom is 0.142 e. The molecule has 1 aliphatic heterocycles. The van der Waals surface area contributed by atoms with Gasteiger partial charge < -0.3 is 15.4 Å². The molecular weight excluding hydrogens is 274 g/mol. The van der Waals surface area contributed by atoms with Crippen molar-refractivity contribution in [1.29, 1.82) is 0 Å². The first-order valence-electron chi connectivity index (χ1n) is 6.62. The summed E-state index contributed by atoms with van der Waals surface area (Å²) in [6, 6.07) is 11.5. The molecule has 4 nitrogen and oxygen atoms in total. The number of anilines is 2. The predicted molar refractivity (Wildman–Crippen MR) is 81.3 cm³/mol. The van der Waals surface area contributed by atoms with Crippen LogP contribution < -0.4 is 15.4 Å². The zero-order valence-corrected chi connectivity index (χ0v) is 11.8. The predicted octanol–water partition coefficient (Wildman–Crippen LogP) is 3.11. The smallest absolute Gasteiger partial charge is 0.142 e. The molecular formula is C15H16ClN3O. The highest BCUT2D eigenvalue weighted by Gasteiger charge is 2.17. The number of benzene rings is 1. The van der Waals surface area contributed by atoms with Crippen molar-refractivity contribution in [3.63, 3.8) is 0 Å². The average Bonchev–Trinajstić information content (AvgIpc) is 2.66. The molecule has 2 heterocycles. The van der Waals surface area contributed by atoms with Gasteiger partial charge in [-0.1, -0.05) is 23.7 Å². The molecule has 0 saturated heterocycles. The lowest BCUT2D eigenvalue weighted by atomic mass is 10.2. The van der Waals surface area contributed by atoms with Crippen molar-refractivity contribution < 1.29 is 4.74 Å². The van der Waals surface area contributed by atoms with E-state index in [1.807, 2.05) is 18.2 Å². The van der Waals surface area contributed by atoms with Gasteiger partial charge in [0.2, 0.25) is 0 Å².